The number of hydrogen-bond acceptors (Lipinski definition) is 3. The van der Waals surface area contributed by atoms with E-state index in [4.69, 9.17) is 10.2 Å². The molecule has 2 rings (SSSR count). The quantitative estimate of drug-likeness (QED) is 0.940. The van der Waals surface area contributed by atoms with Crippen LogP contribution in [0.5, 0.6) is 0 Å². The van der Waals surface area contributed by atoms with E-state index in [1.165, 1.54) is 0 Å². The summed E-state index contributed by atoms with van der Waals surface area (Å²) in [6, 6.07) is 7.84. The maximum absolute atomic E-state index is 5.68. The fraction of sp³-hybridized carbons (Fsp3) is 0.250. The fourth-order valence-electron chi connectivity index (χ4n) is 1.39. The minimum Gasteiger partial charge on any atom is -0.441 e. The number of rotatable bonds is 3. The van der Waals surface area contributed by atoms with Gasteiger partial charge in [0.25, 0.3) is 0 Å². The van der Waals surface area contributed by atoms with Crippen LogP contribution in [0.15, 0.2) is 39.4 Å². The molecule has 0 saturated carbocycles. The van der Waals surface area contributed by atoms with E-state index in [9.17, 15) is 0 Å². The number of nitrogens with two attached hydrogens (primary N) is 1. The second-order valence-corrected chi connectivity index (χ2v) is 4.54. The Balaban J connectivity index is 2.35. The van der Waals surface area contributed by atoms with Gasteiger partial charge in [-0.1, -0.05) is 19.1 Å². The molecule has 0 fully saturated rings. The largest absolute Gasteiger partial charge is 0.441 e. The molecule has 0 aliphatic carbocycles. The third kappa shape index (κ3) is 2.18. The van der Waals surface area contributed by atoms with E-state index in [0.717, 1.165) is 15.8 Å². The Kier molecular flexibility index (Phi) is 3.41. The fourth-order valence-corrected chi connectivity index (χ4v) is 1.84. The first kappa shape index (κ1) is 11.4. The molecule has 0 spiro atoms. The molecular weight excluding hydrogens is 268 g/mol. The van der Waals surface area contributed by atoms with Crippen molar-refractivity contribution in [3.05, 3.63) is 40.7 Å². The average molecular weight is 281 g/mol. The number of halogens is 1. The standard InChI is InChI=1S/C12H13BrN2O/c1-8(6-14)11-7-15-12(16-11)9-4-2-3-5-10(9)13/h2-5,7-8H,6,14H2,1H3. The summed E-state index contributed by atoms with van der Waals surface area (Å²) in [5.74, 6) is 1.65. The summed E-state index contributed by atoms with van der Waals surface area (Å²) in [6.45, 7) is 2.58. The first-order valence-electron chi connectivity index (χ1n) is 5.13. The molecule has 84 valence electrons. The summed E-state index contributed by atoms with van der Waals surface area (Å²) in [4.78, 5) is 4.26. The maximum atomic E-state index is 5.68. The van der Waals surface area contributed by atoms with Gasteiger partial charge in [-0.15, -0.1) is 0 Å². The van der Waals surface area contributed by atoms with Crippen LogP contribution in [0, 0.1) is 0 Å². The lowest BCUT2D eigenvalue weighted by atomic mass is 10.1. The van der Waals surface area contributed by atoms with Crippen LogP contribution >= 0.6 is 15.9 Å². The number of aromatic nitrogens is 1. The molecule has 0 saturated heterocycles. The third-order valence-corrected chi connectivity index (χ3v) is 3.16. The second-order valence-electron chi connectivity index (χ2n) is 3.68. The Bertz CT molecular complexity index is 481. The molecule has 4 heteroatoms. The second kappa shape index (κ2) is 4.80. The molecule has 0 radical (unpaired) electrons. The minimum atomic E-state index is 0.198. The molecule has 1 atom stereocenters. The van der Waals surface area contributed by atoms with E-state index < -0.39 is 0 Å². The van der Waals surface area contributed by atoms with Crippen LogP contribution in [0.25, 0.3) is 11.5 Å². The topological polar surface area (TPSA) is 52.0 Å². The van der Waals surface area contributed by atoms with Gasteiger partial charge >= 0.3 is 0 Å². The Hall–Kier alpha value is -1.13. The molecule has 2 N–H and O–H groups in total. The lowest BCUT2D eigenvalue weighted by molar-refractivity contribution is 0.485. The van der Waals surface area contributed by atoms with Crippen molar-refractivity contribution in [2.24, 2.45) is 5.73 Å². The third-order valence-electron chi connectivity index (χ3n) is 2.47. The van der Waals surface area contributed by atoms with Crippen molar-refractivity contribution in [2.75, 3.05) is 6.54 Å². The van der Waals surface area contributed by atoms with Crippen molar-refractivity contribution in [1.29, 1.82) is 0 Å². The molecular formula is C12H13BrN2O. The number of nitrogens with zero attached hydrogens (tertiary/aromatic N) is 1. The number of oxazole rings is 1. The van der Waals surface area contributed by atoms with Gasteiger partial charge in [0, 0.05) is 16.9 Å². The molecule has 1 unspecified atom stereocenters. The zero-order valence-corrected chi connectivity index (χ0v) is 10.6. The van der Waals surface area contributed by atoms with E-state index in [0.29, 0.717) is 12.4 Å². The predicted octanol–water partition coefficient (Wildman–Crippen LogP) is 3.17. The van der Waals surface area contributed by atoms with E-state index in [-0.39, 0.29) is 5.92 Å². The summed E-state index contributed by atoms with van der Waals surface area (Å²) in [5, 5.41) is 0. The predicted molar refractivity (Wildman–Crippen MR) is 67.1 cm³/mol. The molecule has 1 aromatic carbocycles. The van der Waals surface area contributed by atoms with Crippen molar-refractivity contribution in [2.45, 2.75) is 12.8 Å². The molecule has 1 aromatic heterocycles. The van der Waals surface area contributed by atoms with Gasteiger partial charge in [-0.3, -0.25) is 0 Å². The Morgan fingerprint density at radius 2 is 2.19 bits per heavy atom. The lowest BCUT2D eigenvalue weighted by Crippen LogP contribution is -2.07. The van der Waals surface area contributed by atoms with Crippen LogP contribution in [-0.4, -0.2) is 11.5 Å². The van der Waals surface area contributed by atoms with Crippen LogP contribution in [0.1, 0.15) is 18.6 Å². The van der Waals surface area contributed by atoms with Crippen molar-refractivity contribution < 1.29 is 4.42 Å². The van der Waals surface area contributed by atoms with Crippen LogP contribution in [0.4, 0.5) is 0 Å². The van der Waals surface area contributed by atoms with Gasteiger partial charge in [0.05, 0.1) is 11.8 Å². The monoisotopic (exact) mass is 280 g/mol. The summed E-state index contributed by atoms with van der Waals surface area (Å²) >= 11 is 3.47. The van der Waals surface area contributed by atoms with E-state index in [1.807, 2.05) is 31.2 Å². The van der Waals surface area contributed by atoms with Gasteiger partial charge in [-0.2, -0.15) is 0 Å². The van der Waals surface area contributed by atoms with E-state index >= 15 is 0 Å². The maximum Gasteiger partial charge on any atom is 0.227 e. The summed E-state index contributed by atoms with van der Waals surface area (Å²) in [7, 11) is 0. The van der Waals surface area contributed by atoms with Crippen molar-refractivity contribution in [1.82, 2.24) is 4.98 Å². The zero-order valence-electron chi connectivity index (χ0n) is 8.98. The smallest absolute Gasteiger partial charge is 0.227 e. The highest BCUT2D eigenvalue weighted by atomic mass is 79.9. The molecule has 3 nitrogen and oxygen atoms in total. The van der Waals surface area contributed by atoms with Gasteiger partial charge in [0.2, 0.25) is 5.89 Å². The first-order chi connectivity index (χ1) is 7.72. The van der Waals surface area contributed by atoms with Gasteiger partial charge < -0.3 is 10.2 Å². The number of hydrogen-bond donors (Lipinski definition) is 1. The van der Waals surface area contributed by atoms with Crippen molar-refractivity contribution >= 4 is 15.9 Å². The highest BCUT2D eigenvalue weighted by Crippen LogP contribution is 2.28. The van der Waals surface area contributed by atoms with Crippen LogP contribution in [0.3, 0.4) is 0 Å². The SMILES string of the molecule is CC(CN)c1cnc(-c2ccccc2Br)o1. The van der Waals surface area contributed by atoms with Gasteiger partial charge in [-0.25, -0.2) is 4.98 Å². The highest BCUT2D eigenvalue weighted by molar-refractivity contribution is 9.10. The average Bonchev–Trinajstić information content (AvgIpc) is 2.78. The normalized spacial score (nSPS) is 12.7. The molecule has 0 aliphatic heterocycles. The Labute approximate surface area is 103 Å². The van der Waals surface area contributed by atoms with Gasteiger partial charge in [0.15, 0.2) is 0 Å². The molecule has 0 bridgehead atoms. The Morgan fingerprint density at radius 1 is 1.44 bits per heavy atom. The van der Waals surface area contributed by atoms with Crippen LogP contribution in [0.2, 0.25) is 0 Å². The molecule has 2 aromatic rings. The number of benzene rings is 1. The van der Waals surface area contributed by atoms with Crippen LogP contribution in [-0.2, 0) is 0 Å². The first-order valence-corrected chi connectivity index (χ1v) is 5.92. The van der Waals surface area contributed by atoms with Crippen molar-refractivity contribution in [3.8, 4) is 11.5 Å². The van der Waals surface area contributed by atoms with Crippen LogP contribution < -0.4 is 5.73 Å². The van der Waals surface area contributed by atoms with E-state index in [1.54, 1.807) is 6.20 Å². The Morgan fingerprint density at radius 3 is 2.88 bits per heavy atom. The molecule has 0 aliphatic rings. The van der Waals surface area contributed by atoms with Gasteiger partial charge in [-0.05, 0) is 28.1 Å². The molecule has 1 heterocycles. The highest BCUT2D eigenvalue weighted by Gasteiger charge is 2.12. The summed E-state index contributed by atoms with van der Waals surface area (Å²) in [6.07, 6.45) is 1.74. The zero-order chi connectivity index (χ0) is 11.5. The van der Waals surface area contributed by atoms with Crippen molar-refractivity contribution in [3.63, 3.8) is 0 Å². The van der Waals surface area contributed by atoms with E-state index in [2.05, 4.69) is 20.9 Å². The molecule has 0 amide bonds. The minimum absolute atomic E-state index is 0.198. The molecule has 16 heavy (non-hydrogen) atoms. The summed E-state index contributed by atoms with van der Waals surface area (Å²) < 4.78 is 6.66. The van der Waals surface area contributed by atoms with Gasteiger partial charge in [0.1, 0.15) is 5.76 Å². The lowest BCUT2D eigenvalue weighted by Gasteiger charge is -2.02. The summed E-state index contributed by atoms with van der Waals surface area (Å²) in [5.41, 5.74) is 6.54.